The first-order valence-electron chi connectivity index (χ1n) is 13.0. The molecule has 6 nitrogen and oxygen atoms in total. The van der Waals surface area contributed by atoms with Gasteiger partial charge in [0.15, 0.2) is 0 Å². The molecule has 1 atom stereocenters. The van der Waals surface area contributed by atoms with E-state index in [2.05, 4.69) is 61.2 Å². The number of hydrogen-bond acceptors (Lipinski definition) is 5. The van der Waals surface area contributed by atoms with E-state index in [0.29, 0.717) is 35.3 Å². The molecule has 0 aromatic heterocycles. The van der Waals surface area contributed by atoms with Gasteiger partial charge in [-0.25, -0.2) is 0 Å². The van der Waals surface area contributed by atoms with E-state index in [-0.39, 0.29) is 24.8 Å². The van der Waals surface area contributed by atoms with Crippen molar-refractivity contribution in [2.75, 3.05) is 20.3 Å². The van der Waals surface area contributed by atoms with Gasteiger partial charge >= 0.3 is 5.97 Å². The van der Waals surface area contributed by atoms with Gasteiger partial charge in [0.05, 0.1) is 31.8 Å². The zero-order valence-corrected chi connectivity index (χ0v) is 22.6. The van der Waals surface area contributed by atoms with Gasteiger partial charge in [-0.3, -0.25) is 9.59 Å². The Hall–Kier alpha value is -4.11. The highest BCUT2D eigenvalue weighted by atomic mass is 16.5. The maximum absolute atomic E-state index is 12.2. The number of ether oxygens (including phenoxy) is 2. The number of hydrogen-bond donors (Lipinski definition) is 1. The summed E-state index contributed by atoms with van der Waals surface area (Å²) >= 11 is 0. The van der Waals surface area contributed by atoms with E-state index in [1.165, 1.54) is 12.7 Å². The van der Waals surface area contributed by atoms with E-state index < -0.39 is 0 Å². The Kier molecular flexibility index (Phi) is 10.5. The predicted molar refractivity (Wildman–Crippen MR) is 149 cm³/mol. The second-order valence-electron chi connectivity index (χ2n) is 9.83. The van der Waals surface area contributed by atoms with Crippen LogP contribution in [-0.2, 0) is 16.0 Å². The van der Waals surface area contributed by atoms with Crippen LogP contribution in [0, 0.1) is 17.2 Å². The molecule has 0 saturated heterocycles. The summed E-state index contributed by atoms with van der Waals surface area (Å²) in [5, 5.41) is 12.4. The van der Waals surface area contributed by atoms with E-state index in [1.807, 2.05) is 30.3 Å². The van der Waals surface area contributed by atoms with Crippen molar-refractivity contribution in [1.82, 2.24) is 5.32 Å². The van der Waals surface area contributed by atoms with Gasteiger partial charge < -0.3 is 14.8 Å². The van der Waals surface area contributed by atoms with Crippen LogP contribution in [0.15, 0.2) is 66.7 Å². The van der Waals surface area contributed by atoms with E-state index >= 15 is 0 Å². The van der Waals surface area contributed by atoms with Gasteiger partial charge in [0, 0.05) is 12.1 Å². The third-order valence-electron chi connectivity index (χ3n) is 6.52. The fourth-order valence-corrected chi connectivity index (χ4v) is 4.04. The Bertz CT molecular complexity index is 1260. The lowest BCUT2D eigenvalue weighted by molar-refractivity contribution is -0.140. The van der Waals surface area contributed by atoms with Crippen LogP contribution in [0.2, 0.25) is 0 Å². The van der Waals surface area contributed by atoms with Gasteiger partial charge in [-0.2, -0.15) is 5.26 Å². The molecule has 0 bridgehead atoms. The molecule has 3 aromatic rings. The van der Waals surface area contributed by atoms with Crippen molar-refractivity contribution >= 4 is 11.9 Å². The summed E-state index contributed by atoms with van der Waals surface area (Å²) in [4.78, 5) is 23.4. The highest BCUT2D eigenvalue weighted by Gasteiger charge is 2.11. The van der Waals surface area contributed by atoms with Gasteiger partial charge in [0.1, 0.15) is 5.75 Å². The van der Waals surface area contributed by atoms with Gasteiger partial charge in [0.25, 0.3) is 5.91 Å². The molecule has 3 rings (SSSR count). The number of methoxy groups -OCH3 is 1. The second-order valence-corrected chi connectivity index (χ2v) is 9.83. The van der Waals surface area contributed by atoms with Crippen molar-refractivity contribution in [2.45, 2.75) is 46.0 Å². The summed E-state index contributed by atoms with van der Waals surface area (Å²) in [5.41, 5.74) is 5.50. The highest BCUT2D eigenvalue weighted by Crippen LogP contribution is 2.29. The highest BCUT2D eigenvalue weighted by molar-refractivity contribution is 5.94. The van der Waals surface area contributed by atoms with Crippen LogP contribution in [0.5, 0.6) is 5.75 Å². The molecule has 0 aliphatic carbocycles. The summed E-state index contributed by atoms with van der Waals surface area (Å²) in [7, 11) is 1.32. The number of aryl methyl sites for hydroxylation is 1. The van der Waals surface area contributed by atoms with Gasteiger partial charge in [0.2, 0.25) is 0 Å². The molecule has 0 spiro atoms. The zero-order chi connectivity index (χ0) is 27.5. The number of amides is 1. The molecule has 0 aliphatic heterocycles. The molecule has 0 heterocycles. The van der Waals surface area contributed by atoms with Crippen LogP contribution in [0.1, 0.15) is 66.6 Å². The smallest absolute Gasteiger partial charge is 0.307 e. The van der Waals surface area contributed by atoms with Gasteiger partial charge in [-0.15, -0.1) is 0 Å². The Balaban J connectivity index is 1.48. The average Bonchev–Trinajstić information content (AvgIpc) is 2.94. The summed E-state index contributed by atoms with van der Waals surface area (Å²) in [6, 6.07) is 23.9. The molecule has 198 valence electrons. The standard InChI is InChI=1S/C32H36N2O4/c1-22(2)25-11-13-26(14-12-25)30-16-15-29(19-28(30)20-33)38-21-23(3)5-6-24-7-9-27(10-8-24)32(36)34-18-17-31(35)37-4/h7-16,19,22-23H,5-6,17-18,21H2,1-4H3,(H,34,36). The summed E-state index contributed by atoms with van der Waals surface area (Å²) in [6.07, 6.45) is 1.94. The lowest BCUT2D eigenvalue weighted by Gasteiger charge is -2.15. The van der Waals surface area contributed by atoms with E-state index in [4.69, 9.17) is 4.74 Å². The van der Waals surface area contributed by atoms with E-state index in [9.17, 15) is 14.9 Å². The molecule has 0 aliphatic rings. The van der Waals surface area contributed by atoms with Crippen molar-refractivity contribution < 1.29 is 19.1 Å². The molecule has 0 saturated carbocycles. The minimum atomic E-state index is -0.353. The van der Waals surface area contributed by atoms with Crippen molar-refractivity contribution in [3.63, 3.8) is 0 Å². The Morgan fingerprint density at radius 3 is 2.32 bits per heavy atom. The number of nitrogens with one attached hydrogen (secondary N) is 1. The number of nitrogens with zero attached hydrogens (tertiary/aromatic N) is 1. The lowest BCUT2D eigenvalue weighted by atomic mass is 9.96. The molecular formula is C32H36N2O4. The Morgan fingerprint density at radius 2 is 1.68 bits per heavy atom. The van der Waals surface area contributed by atoms with Crippen molar-refractivity contribution in [1.29, 1.82) is 5.26 Å². The molecule has 38 heavy (non-hydrogen) atoms. The largest absolute Gasteiger partial charge is 0.493 e. The van der Waals surface area contributed by atoms with Crippen LogP contribution >= 0.6 is 0 Å². The molecule has 1 amide bonds. The average molecular weight is 513 g/mol. The molecule has 1 N–H and O–H groups in total. The monoisotopic (exact) mass is 512 g/mol. The van der Waals surface area contributed by atoms with E-state index in [0.717, 1.165) is 29.5 Å². The number of benzene rings is 3. The van der Waals surface area contributed by atoms with Gasteiger partial charge in [-0.1, -0.05) is 57.2 Å². The number of nitriles is 1. The molecule has 0 fully saturated rings. The molecule has 6 heteroatoms. The van der Waals surface area contributed by atoms with Crippen LogP contribution in [0.4, 0.5) is 0 Å². The Morgan fingerprint density at radius 1 is 0.974 bits per heavy atom. The third kappa shape index (κ3) is 8.21. The van der Waals surface area contributed by atoms with E-state index in [1.54, 1.807) is 12.1 Å². The number of carbonyl (C=O) groups excluding carboxylic acids is 2. The number of esters is 1. The number of carbonyl (C=O) groups is 2. The minimum Gasteiger partial charge on any atom is -0.493 e. The maximum Gasteiger partial charge on any atom is 0.307 e. The van der Waals surface area contributed by atoms with Crippen molar-refractivity contribution in [3.05, 3.63) is 89.0 Å². The minimum absolute atomic E-state index is 0.147. The molecule has 0 radical (unpaired) electrons. The second kappa shape index (κ2) is 14.0. The summed E-state index contributed by atoms with van der Waals surface area (Å²) < 4.78 is 10.6. The SMILES string of the molecule is COC(=O)CCNC(=O)c1ccc(CCC(C)COc2ccc(-c3ccc(C(C)C)cc3)c(C#N)c2)cc1. The fraction of sp³-hybridized carbons (Fsp3) is 0.344. The topological polar surface area (TPSA) is 88.4 Å². The quantitative estimate of drug-likeness (QED) is 0.288. The molecule has 3 aromatic carbocycles. The van der Waals surface area contributed by atoms with Crippen molar-refractivity contribution in [2.24, 2.45) is 5.92 Å². The first-order valence-corrected chi connectivity index (χ1v) is 13.0. The predicted octanol–water partition coefficient (Wildman–Crippen LogP) is 6.29. The third-order valence-corrected chi connectivity index (χ3v) is 6.52. The first kappa shape index (κ1) is 28.5. The van der Waals surface area contributed by atoms with Gasteiger partial charge in [-0.05, 0) is 77.3 Å². The lowest BCUT2D eigenvalue weighted by Crippen LogP contribution is -2.26. The fourth-order valence-electron chi connectivity index (χ4n) is 4.04. The first-order chi connectivity index (χ1) is 18.3. The van der Waals surface area contributed by atoms with Crippen molar-refractivity contribution in [3.8, 4) is 22.9 Å². The summed E-state index contributed by atoms with van der Waals surface area (Å²) in [5.74, 6) is 0.906. The molecule has 1 unspecified atom stereocenters. The summed E-state index contributed by atoms with van der Waals surface area (Å²) in [6.45, 7) is 7.26. The Labute approximate surface area is 225 Å². The normalized spacial score (nSPS) is 11.5. The van der Waals surface area contributed by atoms with Crippen LogP contribution in [0.3, 0.4) is 0 Å². The maximum atomic E-state index is 12.2. The van der Waals surface area contributed by atoms with Crippen LogP contribution in [-0.4, -0.2) is 32.1 Å². The zero-order valence-electron chi connectivity index (χ0n) is 22.6. The van der Waals surface area contributed by atoms with Crippen LogP contribution in [0.25, 0.3) is 11.1 Å². The number of rotatable bonds is 12. The van der Waals surface area contributed by atoms with Crippen LogP contribution < -0.4 is 10.1 Å². The molecular weight excluding hydrogens is 476 g/mol.